The van der Waals surface area contributed by atoms with Crippen LogP contribution in [0.5, 0.6) is 0 Å². The summed E-state index contributed by atoms with van der Waals surface area (Å²) < 4.78 is 5.38. The average Bonchev–Trinajstić information content (AvgIpc) is 2.32. The highest BCUT2D eigenvalue weighted by Crippen LogP contribution is 2.39. The van der Waals surface area contributed by atoms with Crippen LogP contribution in [-0.4, -0.2) is 43.8 Å². The van der Waals surface area contributed by atoms with Gasteiger partial charge in [-0.25, -0.2) is 4.79 Å². The molecule has 4 heteroatoms. The molecule has 0 saturated carbocycles. The molecule has 2 aliphatic heterocycles. The first-order valence-electron chi connectivity index (χ1n) is 7.22. The molecule has 2 fully saturated rings. The van der Waals surface area contributed by atoms with Gasteiger partial charge in [0, 0.05) is 38.3 Å². The van der Waals surface area contributed by atoms with Gasteiger partial charge in [0.05, 0.1) is 0 Å². The topological polar surface area (TPSA) is 41.6 Å². The zero-order chi connectivity index (χ0) is 13.0. The summed E-state index contributed by atoms with van der Waals surface area (Å²) in [6.45, 7) is 8.81. The minimum absolute atomic E-state index is 0.121. The Morgan fingerprint density at radius 1 is 1.33 bits per heavy atom. The standard InChI is InChI=1S/C14H26N2O2/c1-12(2)4-3-7-15-13(17)16-10-14(11-16)5-8-18-9-6-14/h12H,3-11H2,1-2H3,(H,15,17). The largest absolute Gasteiger partial charge is 0.381 e. The molecule has 0 radical (unpaired) electrons. The van der Waals surface area contributed by atoms with Crippen molar-refractivity contribution in [3.8, 4) is 0 Å². The summed E-state index contributed by atoms with van der Waals surface area (Å²) in [7, 11) is 0. The van der Waals surface area contributed by atoms with E-state index in [1.807, 2.05) is 4.90 Å². The van der Waals surface area contributed by atoms with E-state index in [0.717, 1.165) is 58.0 Å². The van der Waals surface area contributed by atoms with E-state index in [9.17, 15) is 4.79 Å². The molecule has 0 unspecified atom stereocenters. The smallest absolute Gasteiger partial charge is 0.317 e. The highest BCUT2D eigenvalue weighted by atomic mass is 16.5. The first kappa shape index (κ1) is 13.7. The Hall–Kier alpha value is -0.770. The maximum atomic E-state index is 11.9. The lowest BCUT2D eigenvalue weighted by Crippen LogP contribution is -2.62. The number of amides is 2. The Bertz CT molecular complexity index is 278. The van der Waals surface area contributed by atoms with E-state index >= 15 is 0 Å². The highest BCUT2D eigenvalue weighted by molar-refractivity contribution is 5.75. The van der Waals surface area contributed by atoms with E-state index in [1.54, 1.807) is 0 Å². The third-order valence-corrected chi connectivity index (χ3v) is 4.13. The Balaban J connectivity index is 1.61. The number of rotatable bonds is 4. The monoisotopic (exact) mass is 254 g/mol. The van der Waals surface area contributed by atoms with Gasteiger partial charge < -0.3 is 15.0 Å². The van der Waals surface area contributed by atoms with Crippen molar-refractivity contribution in [2.75, 3.05) is 32.8 Å². The molecular formula is C14H26N2O2. The second kappa shape index (κ2) is 5.91. The summed E-state index contributed by atoms with van der Waals surface area (Å²) in [5.74, 6) is 0.719. The van der Waals surface area contributed by atoms with Crippen LogP contribution in [0.1, 0.15) is 39.5 Å². The zero-order valence-corrected chi connectivity index (χ0v) is 11.7. The van der Waals surface area contributed by atoms with Gasteiger partial charge in [0.2, 0.25) is 0 Å². The molecule has 2 rings (SSSR count). The van der Waals surface area contributed by atoms with E-state index in [0.29, 0.717) is 5.41 Å². The minimum atomic E-state index is 0.121. The number of nitrogens with zero attached hydrogens (tertiary/aromatic N) is 1. The third kappa shape index (κ3) is 3.37. The van der Waals surface area contributed by atoms with Crippen LogP contribution in [0.15, 0.2) is 0 Å². The highest BCUT2D eigenvalue weighted by Gasteiger charge is 2.45. The molecule has 1 spiro atoms. The van der Waals surface area contributed by atoms with Crippen molar-refractivity contribution in [1.82, 2.24) is 10.2 Å². The summed E-state index contributed by atoms with van der Waals surface area (Å²) in [5, 5.41) is 3.02. The van der Waals surface area contributed by atoms with Crippen LogP contribution in [0.3, 0.4) is 0 Å². The van der Waals surface area contributed by atoms with Crippen LogP contribution in [0.2, 0.25) is 0 Å². The molecule has 0 aromatic carbocycles. The van der Waals surface area contributed by atoms with E-state index < -0.39 is 0 Å². The Morgan fingerprint density at radius 2 is 2.00 bits per heavy atom. The fourth-order valence-electron chi connectivity index (χ4n) is 2.85. The van der Waals surface area contributed by atoms with Gasteiger partial charge in [0.25, 0.3) is 0 Å². The van der Waals surface area contributed by atoms with Gasteiger partial charge in [0.1, 0.15) is 0 Å². The summed E-state index contributed by atoms with van der Waals surface area (Å²) in [5.41, 5.74) is 0.382. The number of likely N-dealkylation sites (tertiary alicyclic amines) is 1. The second-order valence-electron chi connectivity index (χ2n) is 6.24. The normalized spacial score (nSPS) is 22.1. The SMILES string of the molecule is CC(C)CCCNC(=O)N1CC2(CCOCC2)C1. The first-order chi connectivity index (χ1) is 8.61. The lowest BCUT2D eigenvalue weighted by molar-refractivity contribution is -0.0615. The molecule has 0 aromatic rings. The van der Waals surface area contributed by atoms with Crippen molar-refractivity contribution in [3.63, 3.8) is 0 Å². The minimum Gasteiger partial charge on any atom is -0.381 e. The van der Waals surface area contributed by atoms with E-state index in [1.165, 1.54) is 6.42 Å². The summed E-state index contributed by atoms with van der Waals surface area (Å²) in [6.07, 6.45) is 4.49. The van der Waals surface area contributed by atoms with Crippen LogP contribution in [-0.2, 0) is 4.74 Å². The van der Waals surface area contributed by atoms with Crippen molar-refractivity contribution >= 4 is 6.03 Å². The number of nitrogens with one attached hydrogen (secondary N) is 1. The fraction of sp³-hybridized carbons (Fsp3) is 0.929. The average molecular weight is 254 g/mol. The quantitative estimate of drug-likeness (QED) is 0.782. The zero-order valence-electron chi connectivity index (χ0n) is 11.7. The molecule has 2 amide bonds. The molecule has 1 N–H and O–H groups in total. The predicted octanol–water partition coefficient (Wildman–Crippen LogP) is 2.24. The van der Waals surface area contributed by atoms with E-state index in [4.69, 9.17) is 4.74 Å². The van der Waals surface area contributed by atoms with Crippen LogP contribution in [0.4, 0.5) is 4.79 Å². The molecule has 2 heterocycles. The number of carbonyl (C=O) groups is 1. The number of ether oxygens (including phenoxy) is 1. The molecule has 0 aromatic heterocycles. The lowest BCUT2D eigenvalue weighted by Gasteiger charge is -2.51. The van der Waals surface area contributed by atoms with Gasteiger partial charge in [-0.15, -0.1) is 0 Å². The number of hydrogen-bond acceptors (Lipinski definition) is 2. The summed E-state index contributed by atoms with van der Waals surface area (Å²) in [4.78, 5) is 13.8. The maximum absolute atomic E-state index is 11.9. The van der Waals surface area contributed by atoms with Gasteiger partial charge in [-0.05, 0) is 31.6 Å². The van der Waals surface area contributed by atoms with Crippen molar-refractivity contribution < 1.29 is 9.53 Å². The van der Waals surface area contributed by atoms with Crippen molar-refractivity contribution in [1.29, 1.82) is 0 Å². The van der Waals surface area contributed by atoms with Crippen molar-refractivity contribution in [3.05, 3.63) is 0 Å². The van der Waals surface area contributed by atoms with Crippen molar-refractivity contribution in [2.45, 2.75) is 39.5 Å². The Labute approximate surface area is 110 Å². The van der Waals surface area contributed by atoms with Gasteiger partial charge in [-0.1, -0.05) is 13.8 Å². The van der Waals surface area contributed by atoms with Crippen LogP contribution in [0.25, 0.3) is 0 Å². The Kier molecular flexibility index (Phi) is 4.49. The maximum Gasteiger partial charge on any atom is 0.317 e. The van der Waals surface area contributed by atoms with Crippen molar-refractivity contribution in [2.24, 2.45) is 11.3 Å². The number of hydrogen-bond donors (Lipinski definition) is 1. The first-order valence-corrected chi connectivity index (χ1v) is 7.22. The molecule has 0 atom stereocenters. The lowest BCUT2D eigenvalue weighted by atomic mass is 9.73. The van der Waals surface area contributed by atoms with E-state index in [2.05, 4.69) is 19.2 Å². The van der Waals surface area contributed by atoms with E-state index in [-0.39, 0.29) is 6.03 Å². The van der Waals surface area contributed by atoms with Gasteiger partial charge in [0.15, 0.2) is 0 Å². The summed E-state index contributed by atoms with van der Waals surface area (Å²) in [6, 6.07) is 0.121. The molecule has 2 aliphatic rings. The van der Waals surface area contributed by atoms with Gasteiger partial charge in [-0.3, -0.25) is 0 Å². The van der Waals surface area contributed by atoms with Gasteiger partial charge in [-0.2, -0.15) is 0 Å². The summed E-state index contributed by atoms with van der Waals surface area (Å²) >= 11 is 0. The molecule has 2 saturated heterocycles. The molecule has 18 heavy (non-hydrogen) atoms. The van der Waals surface area contributed by atoms with Crippen LogP contribution in [0, 0.1) is 11.3 Å². The van der Waals surface area contributed by atoms with Crippen LogP contribution < -0.4 is 5.32 Å². The Morgan fingerprint density at radius 3 is 2.61 bits per heavy atom. The molecule has 4 nitrogen and oxygen atoms in total. The third-order valence-electron chi connectivity index (χ3n) is 4.13. The van der Waals surface area contributed by atoms with Crippen LogP contribution >= 0.6 is 0 Å². The fourth-order valence-corrected chi connectivity index (χ4v) is 2.85. The molecule has 104 valence electrons. The second-order valence-corrected chi connectivity index (χ2v) is 6.24. The predicted molar refractivity (Wildman–Crippen MR) is 71.5 cm³/mol. The molecule has 0 aliphatic carbocycles. The number of urea groups is 1. The molecular weight excluding hydrogens is 228 g/mol. The number of carbonyl (C=O) groups excluding carboxylic acids is 1. The van der Waals surface area contributed by atoms with Gasteiger partial charge >= 0.3 is 6.03 Å². The molecule has 0 bridgehead atoms.